The van der Waals surface area contributed by atoms with Crippen LogP contribution in [0, 0.1) is 18.3 Å². The van der Waals surface area contributed by atoms with Gasteiger partial charge in [-0.05, 0) is 43.9 Å². The summed E-state index contributed by atoms with van der Waals surface area (Å²) in [6.45, 7) is 9.04. The standard InChI is InChI=1S/C13H23N3/c1-9-14-12(16-15-9)10-5-7-11(8-6-10)13(2,3)4/h10-11H,5-8H2,1-4H3,(H,14,15,16). The summed E-state index contributed by atoms with van der Waals surface area (Å²) in [6, 6.07) is 0. The lowest BCUT2D eigenvalue weighted by Crippen LogP contribution is -2.25. The molecule has 0 aliphatic heterocycles. The lowest BCUT2D eigenvalue weighted by Gasteiger charge is -2.36. The molecule has 1 heterocycles. The Morgan fingerprint density at radius 1 is 1.12 bits per heavy atom. The average Bonchev–Trinajstić information content (AvgIpc) is 2.64. The van der Waals surface area contributed by atoms with Crippen molar-refractivity contribution in [2.45, 2.75) is 59.3 Å². The lowest BCUT2D eigenvalue weighted by molar-refractivity contribution is 0.167. The van der Waals surface area contributed by atoms with E-state index in [1.165, 1.54) is 25.7 Å². The summed E-state index contributed by atoms with van der Waals surface area (Å²) in [4.78, 5) is 4.45. The van der Waals surface area contributed by atoms with Crippen LogP contribution in [-0.2, 0) is 0 Å². The number of hydrogen-bond acceptors (Lipinski definition) is 2. The van der Waals surface area contributed by atoms with Gasteiger partial charge < -0.3 is 0 Å². The van der Waals surface area contributed by atoms with Crippen molar-refractivity contribution in [3.8, 4) is 0 Å². The van der Waals surface area contributed by atoms with E-state index in [9.17, 15) is 0 Å². The van der Waals surface area contributed by atoms with Crippen molar-refractivity contribution < 1.29 is 0 Å². The SMILES string of the molecule is Cc1nc(C2CCC(C(C)(C)C)CC2)n[nH]1. The minimum atomic E-state index is 0.458. The number of hydrogen-bond donors (Lipinski definition) is 1. The first-order chi connectivity index (χ1) is 7.47. The molecular formula is C13H23N3. The molecular weight excluding hydrogens is 198 g/mol. The minimum absolute atomic E-state index is 0.458. The Kier molecular flexibility index (Phi) is 3.04. The van der Waals surface area contributed by atoms with Crippen LogP contribution in [-0.4, -0.2) is 15.2 Å². The van der Waals surface area contributed by atoms with Gasteiger partial charge in [0.2, 0.25) is 0 Å². The van der Waals surface area contributed by atoms with E-state index in [-0.39, 0.29) is 0 Å². The highest BCUT2D eigenvalue weighted by Gasteiger charge is 2.31. The summed E-state index contributed by atoms with van der Waals surface area (Å²) in [7, 11) is 0. The Bertz CT molecular complexity index is 340. The second kappa shape index (κ2) is 4.19. The van der Waals surface area contributed by atoms with Gasteiger partial charge in [0.25, 0.3) is 0 Å². The predicted molar refractivity (Wildman–Crippen MR) is 65.3 cm³/mol. The van der Waals surface area contributed by atoms with Crippen molar-refractivity contribution in [3.63, 3.8) is 0 Å². The number of rotatable bonds is 1. The van der Waals surface area contributed by atoms with Crippen molar-refractivity contribution in [1.29, 1.82) is 0 Å². The van der Waals surface area contributed by atoms with Crippen LogP contribution in [0.25, 0.3) is 0 Å². The molecule has 3 nitrogen and oxygen atoms in total. The maximum Gasteiger partial charge on any atom is 0.153 e. The Morgan fingerprint density at radius 2 is 1.75 bits per heavy atom. The van der Waals surface area contributed by atoms with Crippen molar-refractivity contribution >= 4 is 0 Å². The number of aromatic amines is 1. The molecule has 0 aromatic carbocycles. The third-order valence-electron chi connectivity index (χ3n) is 3.93. The van der Waals surface area contributed by atoms with Crippen LogP contribution >= 0.6 is 0 Å². The van der Waals surface area contributed by atoms with E-state index in [1.807, 2.05) is 6.92 Å². The highest BCUT2D eigenvalue weighted by molar-refractivity contribution is 4.99. The zero-order valence-electron chi connectivity index (χ0n) is 10.9. The number of aryl methyl sites for hydroxylation is 1. The summed E-state index contributed by atoms with van der Waals surface area (Å²) in [5.74, 6) is 3.42. The summed E-state index contributed by atoms with van der Waals surface area (Å²) in [6.07, 6.45) is 5.14. The molecule has 0 saturated heterocycles. The first-order valence-corrected chi connectivity index (χ1v) is 6.35. The van der Waals surface area contributed by atoms with Gasteiger partial charge >= 0.3 is 0 Å². The van der Waals surface area contributed by atoms with Crippen LogP contribution in [0.15, 0.2) is 0 Å². The van der Waals surface area contributed by atoms with Crippen LogP contribution in [0.5, 0.6) is 0 Å². The van der Waals surface area contributed by atoms with E-state index < -0.39 is 0 Å². The fourth-order valence-corrected chi connectivity index (χ4v) is 2.76. The Hall–Kier alpha value is -0.860. The fourth-order valence-electron chi connectivity index (χ4n) is 2.76. The minimum Gasteiger partial charge on any atom is -0.263 e. The first-order valence-electron chi connectivity index (χ1n) is 6.35. The Balaban J connectivity index is 1.95. The van der Waals surface area contributed by atoms with E-state index >= 15 is 0 Å². The van der Waals surface area contributed by atoms with Crippen LogP contribution in [0.4, 0.5) is 0 Å². The average molecular weight is 221 g/mol. The molecule has 1 N–H and O–H groups in total. The molecule has 0 radical (unpaired) electrons. The molecule has 1 aromatic heterocycles. The third kappa shape index (κ3) is 2.45. The van der Waals surface area contributed by atoms with E-state index in [0.29, 0.717) is 11.3 Å². The third-order valence-corrected chi connectivity index (χ3v) is 3.93. The summed E-state index contributed by atoms with van der Waals surface area (Å²) in [5, 5.41) is 7.24. The molecule has 0 amide bonds. The number of nitrogens with one attached hydrogen (secondary N) is 1. The molecule has 3 heteroatoms. The van der Waals surface area contributed by atoms with Gasteiger partial charge in [-0.3, -0.25) is 5.10 Å². The van der Waals surface area contributed by atoms with Gasteiger partial charge in [-0.25, -0.2) is 4.98 Å². The number of H-pyrrole nitrogens is 1. The predicted octanol–water partition coefficient (Wildman–Crippen LogP) is 3.43. The summed E-state index contributed by atoms with van der Waals surface area (Å²) >= 11 is 0. The smallest absolute Gasteiger partial charge is 0.153 e. The molecule has 0 atom stereocenters. The first kappa shape index (κ1) is 11.6. The summed E-state index contributed by atoms with van der Waals surface area (Å²) in [5.41, 5.74) is 0.458. The maximum atomic E-state index is 4.45. The molecule has 1 saturated carbocycles. The van der Waals surface area contributed by atoms with Crippen molar-refractivity contribution in [1.82, 2.24) is 15.2 Å². The molecule has 1 fully saturated rings. The molecule has 1 aliphatic carbocycles. The van der Waals surface area contributed by atoms with Gasteiger partial charge in [0.05, 0.1) is 0 Å². The largest absolute Gasteiger partial charge is 0.263 e. The normalized spacial score (nSPS) is 27.0. The van der Waals surface area contributed by atoms with Crippen molar-refractivity contribution in [3.05, 3.63) is 11.6 Å². The molecule has 1 aliphatic rings. The molecule has 0 bridgehead atoms. The molecule has 90 valence electrons. The number of aromatic nitrogens is 3. The molecule has 16 heavy (non-hydrogen) atoms. The van der Waals surface area contributed by atoms with Crippen molar-refractivity contribution in [2.75, 3.05) is 0 Å². The molecule has 2 rings (SSSR count). The van der Waals surface area contributed by atoms with Gasteiger partial charge in [0.1, 0.15) is 5.82 Å². The van der Waals surface area contributed by atoms with E-state index in [2.05, 4.69) is 36.0 Å². The maximum absolute atomic E-state index is 4.45. The molecule has 1 aromatic rings. The monoisotopic (exact) mass is 221 g/mol. The van der Waals surface area contributed by atoms with Crippen LogP contribution in [0.3, 0.4) is 0 Å². The highest BCUT2D eigenvalue weighted by Crippen LogP contribution is 2.42. The van der Waals surface area contributed by atoms with Crippen LogP contribution < -0.4 is 0 Å². The van der Waals surface area contributed by atoms with Gasteiger partial charge in [0.15, 0.2) is 5.82 Å². The highest BCUT2D eigenvalue weighted by atomic mass is 15.2. The van der Waals surface area contributed by atoms with E-state index in [0.717, 1.165) is 17.6 Å². The van der Waals surface area contributed by atoms with E-state index in [4.69, 9.17) is 0 Å². The zero-order chi connectivity index (χ0) is 11.8. The van der Waals surface area contributed by atoms with Crippen molar-refractivity contribution in [2.24, 2.45) is 11.3 Å². The van der Waals surface area contributed by atoms with E-state index in [1.54, 1.807) is 0 Å². The van der Waals surface area contributed by atoms with Gasteiger partial charge in [0, 0.05) is 5.92 Å². The Morgan fingerprint density at radius 3 is 2.19 bits per heavy atom. The lowest BCUT2D eigenvalue weighted by atomic mass is 9.70. The fraction of sp³-hybridized carbons (Fsp3) is 0.846. The second-order valence-corrected chi connectivity index (χ2v) is 6.19. The molecule has 0 unspecified atom stereocenters. The Labute approximate surface area is 98.1 Å². The quantitative estimate of drug-likeness (QED) is 0.789. The second-order valence-electron chi connectivity index (χ2n) is 6.19. The van der Waals surface area contributed by atoms with Gasteiger partial charge in [-0.1, -0.05) is 20.8 Å². The van der Waals surface area contributed by atoms with Gasteiger partial charge in [-0.15, -0.1) is 0 Å². The summed E-state index contributed by atoms with van der Waals surface area (Å²) < 4.78 is 0. The van der Waals surface area contributed by atoms with Gasteiger partial charge in [-0.2, -0.15) is 5.10 Å². The number of nitrogens with zero attached hydrogens (tertiary/aromatic N) is 2. The molecule has 0 spiro atoms. The zero-order valence-corrected chi connectivity index (χ0v) is 10.9. The van der Waals surface area contributed by atoms with Crippen LogP contribution in [0.2, 0.25) is 0 Å². The topological polar surface area (TPSA) is 41.6 Å². The van der Waals surface area contributed by atoms with Crippen LogP contribution in [0.1, 0.15) is 64.0 Å².